The van der Waals surface area contributed by atoms with Gasteiger partial charge in [0.1, 0.15) is 5.70 Å². The number of benzene rings is 1. The predicted molar refractivity (Wildman–Crippen MR) is 89.2 cm³/mol. The molecular formula is C17H22N2O5. The highest BCUT2D eigenvalue weighted by Gasteiger charge is 2.13. The van der Waals surface area contributed by atoms with Crippen molar-refractivity contribution in [2.45, 2.75) is 12.8 Å². The van der Waals surface area contributed by atoms with Gasteiger partial charge in [0.2, 0.25) is 5.91 Å². The van der Waals surface area contributed by atoms with Gasteiger partial charge < -0.3 is 19.7 Å². The van der Waals surface area contributed by atoms with Crippen LogP contribution < -0.4 is 5.32 Å². The largest absolute Gasteiger partial charge is 0.466 e. The van der Waals surface area contributed by atoms with Crippen molar-refractivity contribution >= 4 is 23.5 Å². The molecule has 0 aliphatic heterocycles. The van der Waals surface area contributed by atoms with E-state index in [1.165, 1.54) is 19.1 Å². The summed E-state index contributed by atoms with van der Waals surface area (Å²) in [4.78, 5) is 36.3. The lowest BCUT2D eigenvalue weighted by Crippen LogP contribution is -2.21. The van der Waals surface area contributed by atoms with Gasteiger partial charge in [-0.2, -0.15) is 0 Å². The normalized spacial score (nSPS) is 10.8. The van der Waals surface area contributed by atoms with Crippen molar-refractivity contribution in [2.24, 2.45) is 0 Å². The fraction of sp³-hybridized carbons (Fsp3) is 0.353. The predicted octanol–water partition coefficient (Wildman–Crippen LogP) is 1.35. The van der Waals surface area contributed by atoms with Crippen molar-refractivity contribution < 1.29 is 23.9 Å². The molecular weight excluding hydrogens is 312 g/mol. The zero-order valence-corrected chi connectivity index (χ0v) is 14.3. The van der Waals surface area contributed by atoms with Crippen molar-refractivity contribution in [3.63, 3.8) is 0 Å². The molecule has 0 saturated carbocycles. The molecule has 0 aromatic heterocycles. The summed E-state index contributed by atoms with van der Waals surface area (Å²) in [5.74, 6) is -1.32. The van der Waals surface area contributed by atoms with E-state index >= 15 is 0 Å². The molecule has 0 aliphatic rings. The molecule has 7 heteroatoms. The highest BCUT2D eigenvalue weighted by Crippen LogP contribution is 2.15. The lowest BCUT2D eigenvalue weighted by Gasteiger charge is -2.12. The Morgan fingerprint density at radius 2 is 1.88 bits per heavy atom. The summed E-state index contributed by atoms with van der Waals surface area (Å²) in [6.07, 6.45) is 1.98. The molecule has 0 fully saturated rings. The number of carbonyl (C=O) groups excluding carboxylic acids is 3. The van der Waals surface area contributed by atoms with Gasteiger partial charge in [0.15, 0.2) is 0 Å². The molecule has 0 bridgehead atoms. The minimum absolute atomic E-state index is 0.0362. The highest BCUT2D eigenvalue weighted by atomic mass is 16.5. The van der Waals surface area contributed by atoms with E-state index in [0.29, 0.717) is 18.5 Å². The minimum atomic E-state index is -0.686. The number of amides is 1. The van der Waals surface area contributed by atoms with E-state index < -0.39 is 11.9 Å². The molecule has 1 amide bonds. The zero-order valence-electron chi connectivity index (χ0n) is 14.3. The van der Waals surface area contributed by atoms with E-state index in [0.717, 1.165) is 11.6 Å². The van der Waals surface area contributed by atoms with Crippen LogP contribution in [-0.4, -0.2) is 51.1 Å². The van der Waals surface area contributed by atoms with Crippen LogP contribution in [-0.2, 0) is 30.3 Å². The number of anilines is 1. The van der Waals surface area contributed by atoms with E-state index in [9.17, 15) is 14.4 Å². The standard InChI is InChI=1S/C17H22N2O5/c1-19(2)15(20)9-8-12-6-5-7-13(10-12)18-14(17(22)24-4)11-16(21)23-3/h5-7,10-11,18H,8-9H2,1-4H3/b14-11+. The molecule has 1 N–H and O–H groups in total. The number of nitrogens with zero attached hydrogens (tertiary/aromatic N) is 1. The molecule has 1 rings (SSSR count). The third-order valence-corrected chi connectivity index (χ3v) is 3.20. The SMILES string of the molecule is COC(=O)/C=C(/Nc1cccc(CCC(=O)N(C)C)c1)C(=O)OC. The molecule has 0 saturated heterocycles. The number of hydrogen-bond acceptors (Lipinski definition) is 6. The second-order valence-electron chi connectivity index (χ2n) is 5.19. The zero-order chi connectivity index (χ0) is 18.1. The summed E-state index contributed by atoms with van der Waals surface area (Å²) < 4.78 is 9.16. The Hall–Kier alpha value is -2.83. The Bertz CT molecular complexity index is 638. The first kappa shape index (κ1) is 19.2. The molecule has 0 atom stereocenters. The van der Waals surface area contributed by atoms with Crippen LogP contribution in [0.1, 0.15) is 12.0 Å². The summed E-state index contributed by atoms with van der Waals surface area (Å²) in [6, 6.07) is 7.23. The summed E-state index contributed by atoms with van der Waals surface area (Å²) in [5.41, 5.74) is 1.49. The topological polar surface area (TPSA) is 84.9 Å². The minimum Gasteiger partial charge on any atom is -0.466 e. The number of esters is 2. The van der Waals surface area contributed by atoms with Crippen molar-refractivity contribution in [3.05, 3.63) is 41.6 Å². The van der Waals surface area contributed by atoms with Crippen LogP contribution in [0.15, 0.2) is 36.0 Å². The van der Waals surface area contributed by atoms with E-state index in [-0.39, 0.29) is 11.6 Å². The number of carbonyl (C=O) groups is 3. The monoisotopic (exact) mass is 334 g/mol. The van der Waals surface area contributed by atoms with Crippen LogP contribution in [0.5, 0.6) is 0 Å². The van der Waals surface area contributed by atoms with Gasteiger partial charge in [0.25, 0.3) is 0 Å². The molecule has 0 heterocycles. The van der Waals surface area contributed by atoms with Gasteiger partial charge in [-0.3, -0.25) is 4.79 Å². The number of hydrogen-bond donors (Lipinski definition) is 1. The maximum absolute atomic E-state index is 11.7. The number of rotatable bonds is 7. The van der Waals surface area contributed by atoms with E-state index in [2.05, 4.69) is 14.8 Å². The van der Waals surface area contributed by atoms with Crippen LogP contribution in [0.25, 0.3) is 0 Å². The van der Waals surface area contributed by atoms with Gasteiger partial charge in [-0.05, 0) is 24.1 Å². The Balaban J connectivity index is 2.87. The van der Waals surface area contributed by atoms with E-state index in [1.807, 2.05) is 6.07 Å². The summed E-state index contributed by atoms with van der Waals surface area (Å²) in [5, 5.41) is 2.84. The molecule has 1 aromatic rings. The first-order valence-electron chi connectivity index (χ1n) is 7.31. The van der Waals surface area contributed by atoms with Crippen molar-refractivity contribution in [1.29, 1.82) is 0 Å². The quantitative estimate of drug-likeness (QED) is 0.598. The van der Waals surface area contributed by atoms with Crippen molar-refractivity contribution in [2.75, 3.05) is 33.6 Å². The van der Waals surface area contributed by atoms with Crippen molar-refractivity contribution in [1.82, 2.24) is 4.90 Å². The average molecular weight is 334 g/mol. The number of ether oxygens (including phenoxy) is 2. The molecule has 0 spiro atoms. The first-order valence-corrected chi connectivity index (χ1v) is 7.31. The third kappa shape index (κ3) is 6.12. The number of nitrogens with one attached hydrogen (secondary N) is 1. The van der Waals surface area contributed by atoms with Crippen LogP contribution in [0.4, 0.5) is 5.69 Å². The Labute approximate surface area is 141 Å². The van der Waals surface area contributed by atoms with Gasteiger partial charge in [-0.15, -0.1) is 0 Å². The molecule has 0 radical (unpaired) electrons. The van der Waals surface area contributed by atoms with Crippen LogP contribution in [0, 0.1) is 0 Å². The Morgan fingerprint density at radius 3 is 2.46 bits per heavy atom. The Morgan fingerprint density at radius 1 is 1.17 bits per heavy atom. The molecule has 24 heavy (non-hydrogen) atoms. The number of methoxy groups -OCH3 is 2. The maximum Gasteiger partial charge on any atom is 0.354 e. The van der Waals surface area contributed by atoms with Gasteiger partial charge in [-0.1, -0.05) is 12.1 Å². The van der Waals surface area contributed by atoms with E-state index in [1.54, 1.807) is 32.3 Å². The highest BCUT2D eigenvalue weighted by molar-refractivity contribution is 5.98. The Kier molecular flexibility index (Phi) is 7.48. The molecule has 130 valence electrons. The smallest absolute Gasteiger partial charge is 0.354 e. The maximum atomic E-state index is 11.7. The lowest BCUT2D eigenvalue weighted by atomic mass is 10.1. The second kappa shape index (κ2) is 9.34. The molecule has 0 unspecified atom stereocenters. The molecule has 7 nitrogen and oxygen atoms in total. The van der Waals surface area contributed by atoms with Crippen LogP contribution >= 0.6 is 0 Å². The summed E-state index contributed by atoms with van der Waals surface area (Å²) in [7, 11) is 5.86. The third-order valence-electron chi connectivity index (χ3n) is 3.20. The van der Waals surface area contributed by atoms with Crippen molar-refractivity contribution in [3.8, 4) is 0 Å². The van der Waals surface area contributed by atoms with Crippen LogP contribution in [0.3, 0.4) is 0 Å². The fourth-order valence-corrected chi connectivity index (χ4v) is 1.87. The summed E-state index contributed by atoms with van der Waals surface area (Å²) >= 11 is 0. The average Bonchev–Trinajstić information content (AvgIpc) is 2.58. The van der Waals surface area contributed by atoms with Gasteiger partial charge in [-0.25, -0.2) is 9.59 Å². The van der Waals surface area contributed by atoms with Gasteiger partial charge in [0.05, 0.1) is 20.3 Å². The molecule has 0 aliphatic carbocycles. The fourth-order valence-electron chi connectivity index (χ4n) is 1.87. The van der Waals surface area contributed by atoms with Crippen LogP contribution in [0.2, 0.25) is 0 Å². The second-order valence-corrected chi connectivity index (χ2v) is 5.19. The van der Waals surface area contributed by atoms with Gasteiger partial charge in [0, 0.05) is 26.2 Å². The van der Waals surface area contributed by atoms with Gasteiger partial charge >= 0.3 is 11.9 Å². The number of aryl methyl sites for hydroxylation is 1. The molecule has 1 aromatic carbocycles. The van der Waals surface area contributed by atoms with E-state index in [4.69, 9.17) is 0 Å². The first-order chi connectivity index (χ1) is 11.4. The summed E-state index contributed by atoms with van der Waals surface area (Å²) in [6.45, 7) is 0. The lowest BCUT2D eigenvalue weighted by molar-refractivity contribution is -0.138.